The number of benzene rings is 1. The second kappa shape index (κ2) is 10.1. The number of nitrogens with one attached hydrogen (secondary N) is 1. The molecule has 1 fully saturated rings. The zero-order valence-corrected chi connectivity index (χ0v) is 17.4. The fourth-order valence-corrected chi connectivity index (χ4v) is 2.97. The lowest BCUT2D eigenvalue weighted by molar-refractivity contribution is 0.371. The summed E-state index contributed by atoms with van der Waals surface area (Å²) >= 11 is 0. The largest absolute Gasteiger partial charge is 0.353 e. The van der Waals surface area contributed by atoms with Crippen LogP contribution in [0.5, 0.6) is 0 Å². The van der Waals surface area contributed by atoms with E-state index in [1.807, 2.05) is 24.3 Å². The zero-order chi connectivity index (χ0) is 18.4. The van der Waals surface area contributed by atoms with E-state index in [-0.39, 0.29) is 36.3 Å². The molecule has 3 rings (SSSR count). The lowest BCUT2D eigenvalue weighted by Gasteiger charge is -2.37. The van der Waals surface area contributed by atoms with Gasteiger partial charge in [-0.3, -0.25) is 4.99 Å². The summed E-state index contributed by atoms with van der Waals surface area (Å²) < 4.78 is 13.9. The lowest BCUT2D eigenvalue weighted by atomic mass is 10.1. The van der Waals surface area contributed by atoms with Crippen molar-refractivity contribution < 1.29 is 4.39 Å². The predicted molar refractivity (Wildman–Crippen MR) is 115 cm³/mol. The van der Waals surface area contributed by atoms with Gasteiger partial charge in [0.05, 0.1) is 11.6 Å². The molecule has 0 amide bonds. The molecule has 0 atom stereocenters. The van der Waals surface area contributed by atoms with Gasteiger partial charge >= 0.3 is 0 Å². The Morgan fingerprint density at radius 2 is 2.04 bits per heavy atom. The minimum Gasteiger partial charge on any atom is -0.353 e. The second-order valence-corrected chi connectivity index (χ2v) is 5.98. The molecule has 27 heavy (non-hydrogen) atoms. The minimum atomic E-state index is -0.327. The number of anilines is 1. The first kappa shape index (κ1) is 20.9. The summed E-state index contributed by atoms with van der Waals surface area (Å²) in [6.45, 7) is 3.58. The van der Waals surface area contributed by atoms with E-state index in [4.69, 9.17) is 5.26 Å². The van der Waals surface area contributed by atoms with Gasteiger partial charge in [-0.1, -0.05) is 6.07 Å². The summed E-state index contributed by atoms with van der Waals surface area (Å²) in [4.78, 5) is 13.1. The minimum absolute atomic E-state index is 0. The van der Waals surface area contributed by atoms with Crippen LogP contribution in [0.1, 0.15) is 11.1 Å². The highest BCUT2D eigenvalue weighted by Gasteiger charge is 2.20. The Balaban J connectivity index is 0.00000261. The Labute approximate surface area is 175 Å². The molecule has 2 aromatic rings. The molecular formula is C19H22FIN6. The van der Waals surface area contributed by atoms with Crippen molar-refractivity contribution in [2.45, 2.75) is 6.54 Å². The van der Waals surface area contributed by atoms with E-state index < -0.39 is 0 Å². The Bertz CT molecular complexity index is 813. The van der Waals surface area contributed by atoms with Crippen molar-refractivity contribution in [2.24, 2.45) is 4.99 Å². The van der Waals surface area contributed by atoms with E-state index in [1.54, 1.807) is 19.3 Å². The van der Waals surface area contributed by atoms with Gasteiger partial charge in [0.1, 0.15) is 11.6 Å². The van der Waals surface area contributed by atoms with Crippen molar-refractivity contribution in [3.63, 3.8) is 0 Å². The maximum absolute atomic E-state index is 13.9. The highest BCUT2D eigenvalue weighted by Crippen LogP contribution is 2.13. The number of piperazine rings is 1. The number of guanidine groups is 1. The third-order valence-electron chi connectivity index (χ3n) is 4.38. The maximum Gasteiger partial charge on any atom is 0.194 e. The van der Waals surface area contributed by atoms with Crippen LogP contribution in [0.3, 0.4) is 0 Å². The van der Waals surface area contributed by atoms with Crippen molar-refractivity contribution in [2.75, 3.05) is 38.1 Å². The molecule has 1 saturated heterocycles. The number of nitriles is 1. The lowest BCUT2D eigenvalue weighted by Crippen LogP contribution is -2.52. The number of hydrogen-bond acceptors (Lipinski definition) is 4. The van der Waals surface area contributed by atoms with E-state index in [0.717, 1.165) is 38.0 Å². The molecule has 0 unspecified atom stereocenters. The number of rotatable bonds is 3. The van der Waals surface area contributed by atoms with Crippen LogP contribution in [-0.2, 0) is 6.54 Å². The average Bonchev–Trinajstić information content (AvgIpc) is 2.71. The number of halogens is 2. The first-order valence-corrected chi connectivity index (χ1v) is 8.51. The molecule has 0 spiro atoms. The molecule has 6 nitrogen and oxygen atoms in total. The second-order valence-electron chi connectivity index (χ2n) is 5.98. The number of hydrogen-bond donors (Lipinski definition) is 1. The van der Waals surface area contributed by atoms with Gasteiger partial charge in [-0.05, 0) is 30.3 Å². The van der Waals surface area contributed by atoms with Crippen molar-refractivity contribution in [1.82, 2.24) is 15.2 Å². The molecule has 2 heterocycles. The fraction of sp³-hybridized carbons (Fsp3) is 0.316. The van der Waals surface area contributed by atoms with Crippen LogP contribution in [0.2, 0.25) is 0 Å². The molecule has 1 aromatic heterocycles. The molecule has 0 radical (unpaired) electrons. The van der Waals surface area contributed by atoms with Crippen LogP contribution in [0.25, 0.3) is 0 Å². The summed E-state index contributed by atoms with van der Waals surface area (Å²) in [6.07, 6.45) is 1.80. The molecule has 8 heteroatoms. The molecule has 1 aliphatic heterocycles. The van der Waals surface area contributed by atoms with E-state index in [9.17, 15) is 4.39 Å². The van der Waals surface area contributed by atoms with Crippen LogP contribution in [-0.4, -0.2) is 49.1 Å². The third-order valence-corrected chi connectivity index (χ3v) is 4.38. The van der Waals surface area contributed by atoms with Crippen LogP contribution >= 0.6 is 24.0 Å². The van der Waals surface area contributed by atoms with Gasteiger partial charge in [0.15, 0.2) is 5.96 Å². The maximum atomic E-state index is 13.9. The number of pyridine rings is 1. The van der Waals surface area contributed by atoms with E-state index >= 15 is 0 Å². The normalized spacial score (nSPS) is 14.3. The summed E-state index contributed by atoms with van der Waals surface area (Å²) in [5.74, 6) is 1.38. The fourth-order valence-electron chi connectivity index (χ4n) is 2.97. The quantitative estimate of drug-likeness (QED) is 0.416. The van der Waals surface area contributed by atoms with Crippen LogP contribution in [0.4, 0.5) is 10.2 Å². The highest BCUT2D eigenvalue weighted by atomic mass is 127. The Hall–Kier alpha value is -2.41. The molecule has 0 bridgehead atoms. The monoisotopic (exact) mass is 480 g/mol. The number of aliphatic imine (C=N–C) groups is 1. The zero-order valence-electron chi connectivity index (χ0n) is 15.1. The topological polar surface area (TPSA) is 67.6 Å². The van der Waals surface area contributed by atoms with Crippen molar-refractivity contribution >= 4 is 35.8 Å². The molecule has 0 aliphatic carbocycles. The number of nitrogens with zero attached hydrogens (tertiary/aromatic N) is 5. The molecule has 0 saturated carbocycles. The SMILES string of the molecule is CN=C(NCc1cc(C#N)ccc1F)N1CCN(c2ccccn2)CC1.I. The predicted octanol–water partition coefficient (Wildman–Crippen LogP) is 2.61. The van der Waals surface area contributed by atoms with Gasteiger partial charge in [-0.25, -0.2) is 9.37 Å². The Kier molecular flexibility index (Phi) is 7.79. The van der Waals surface area contributed by atoms with Crippen LogP contribution < -0.4 is 10.2 Å². The average molecular weight is 480 g/mol. The van der Waals surface area contributed by atoms with Crippen molar-refractivity contribution in [3.05, 3.63) is 59.5 Å². The van der Waals surface area contributed by atoms with Gasteiger partial charge in [-0.15, -0.1) is 24.0 Å². The molecule has 1 N–H and O–H groups in total. The molecular weight excluding hydrogens is 458 g/mol. The van der Waals surface area contributed by atoms with Crippen LogP contribution in [0, 0.1) is 17.1 Å². The van der Waals surface area contributed by atoms with Gasteiger partial charge in [0, 0.05) is 51.5 Å². The van der Waals surface area contributed by atoms with Gasteiger partial charge in [0.2, 0.25) is 0 Å². The molecule has 142 valence electrons. The molecule has 1 aliphatic rings. The molecule has 1 aromatic carbocycles. The van der Waals surface area contributed by atoms with Gasteiger partial charge in [-0.2, -0.15) is 5.26 Å². The first-order valence-electron chi connectivity index (χ1n) is 8.51. The highest BCUT2D eigenvalue weighted by molar-refractivity contribution is 14.0. The van der Waals surface area contributed by atoms with E-state index in [1.165, 1.54) is 12.1 Å². The van der Waals surface area contributed by atoms with Crippen molar-refractivity contribution in [1.29, 1.82) is 5.26 Å². The smallest absolute Gasteiger partial charge is 0.194 e. The Morgan fingerprint density at radius 1 is 1.26 bits per heavy atom. The Morgan fingerprint density at radius 3 is 2.67 bits per heavy atom. The summed E-state index contributed by atoms with van der Waals surface area (Å²) in [5.41, 5.74) is 0.902. The third kappa shape index (κ3) is 5.29. The number of aromatic nitrogens is 1. The standard InChI is InChI=1S/C19H21FN6.HI/c1-22-19(24-14-16-12-15(13-21)5-6-17(16)20)26-10-8-25(9-11-26)18-4-2-3-7-23-18;/h2-7,12H,8-11,14H2,1H3,(H,22,24);1H. The van der Waals surface area contributed by atoms with Crippen LogP contribution in [0.15, 0.2) is 47.6 Å². The van der Waals surface area contributed by atoms with Crippen molar-refractivity contribution in [3.8, 4) is 6.07 Å². The first-order chi connectivity index (χ1) is 12.7. The van der Waals surface area contributed by atoms with Gasteiger partial charge in [0.25, 0.3) is 0 Å². The summed E-state index contributed by atoms with van der Waals surface area (Å²) in [5, 5.41) is 12.2. The van der Waals surface area contributed by atoms with Gasteiger partial charge < -0.3 is 15.1 Å². The summed E-state index contributed by atoms with van der Waals surface area (Å²) in [7, 11) is 1.72. The summed E-state index contributed by atoms with van der Waals surface area (Å²) in [6, 6.07) is 12.3. The van der Waals surface area contributed by atoms with E-state index in [0.29, 0.717) is 11.1 Å². The van der Waals surface area contributed by atoms with E-state index in [2.05, 4.69) is 25.1 Å².